The molecule has 1 aromatic carbocycles. The topological polar surface area (TPSA) is 68.0 Å². The lowest BCUT2D eigenvalue weighted by Crippen LogP contribution is -2.24. The Labute approximate surface area is 144 Å². The first-order valence-electron chi connectivity index (χ1n) is 8.40. The third-order valence-corrected chi connectivity index (χ3v) is 4.60. The van der Waals surface area contributed by atoms with Crippen LogP contribution in [0.3, 0.4) is 0 Å². The van der Waals surface area contributed by atoms with E-state index in [0.717, 1.165) is 11.1 Å². The number of hydrogen-bond donors (Lipinski definition) is 1. The minimum atomic E-state index is -2.58. The molecular formula is C18H21F2N3O2. The van der Waals surface area contributed by atoms with Gasteiger partial charge in [-0.15, -0.1) is 0 Å². The highest BCUT2D eigenvalue weighted by molar-refractivity contribution is 5.95. The minimum Gasteiger partial charge on any atom is -0.343 e. The number of nitrogens with one attached hydrogen (secondary N) is 1. The van der Waals surface area contributed by atoms with Crippen molar-refractivity contribution in [3.63, 3.8) is 0 Å². The third-order valence-electron chi connectivity index (χ3n) is 4.60. The molecule has 5 nitrogen and oxygen atoms in total. The van der Waals surface area contributed by atoms with Crippen molar-refractivity contribution in [1.82, 2.24) is 15.5 Å². The predicted molar refractivity (Wildman–Crippen MR) is 87.5 cm³/mol. The lowest BCUT2D eigenvalue weighted by molar-refractivity contribution is -0.0389. The number of aryl methyl sites for hydroxylation is 2. The van der Waals surface area contributed by atoms with E-state index >= 15 is 0 Å². The van der Waals surface area contributed by atoms with Crippen molar-refractivity contribution in [1.29, 1.82) is 0 Å². The van der Waals surface area contributed by atoms with E-state index in [0.29, 0.717) is 24.2 Å². The number of carbonyl (C=O) groups excluding carboxylic acids is 1. The maximum atomic E-state index is 13.2. The van der Waals surface area contributed by atoms with E-state index in [4.69, 9.17) is 4.52 Å². The molecule has 0 aliphatic heterocycles. The number of nitrogens with zero attached hydrogens (tertiary/aromatic N) is 2. The van der Waals surface area contributed by atoms with E-state index in [1.54, 1.807) is 0 Å². The monoisotopic (exact) mass is 349 g/mol. The van der Waals surface area contributed by atoms with Crippen molar-refractivity contribution in [2.75, 3.05) is 0 Å². The van der Waals surface area contributed by atoms with E-state index in [9.17, 15) is 13.6 Å². The normalized spacial score (nSPS) is 17.4. The van der Waals surface area contributed by atoms with Gasteiger partial charge in [0.05, 0.1) is 6.54 Å². The summed E-state index contributed by atoms with van der Waals surface area (Å²) in [5.74, 6) is -2.16. The van der Waals surface area contributed by atoms with Crippen LogP contribution in [0.15, 0.2) is 22.7 Å². The van der Waals surface area contributed by atoms with Gasteiger partial charge < -0.3 is 9.84 Å². The fraction of sp³-hybridized carbons (Fsp3) is 0.500. The maximum absolute atomic E-state index is 13.2. The molecule has 1 aliphatic rings. The summed E-state index contributed by atoms with van der Waals surface area (Å²) < 4.78 is 31.6. The number of amides is 1. The van der Waals surface area contributed by atoms with Gasteiger partial charge in [-0.1, -0.05) is 22.9 Å². The van der Waals surface area contributed by atoms with Crippen LogP contribution in [0.2, 0.25) is 0 Å². The van der Waals surface area contributed by atoms with Gasteiger partial charge >= 0.3 is 0 Å². The summed E-state index contributed by atoms with van der Waals surface area (Å²) in [5, 5.41) is 6.65. The summed E-state index contributed by atoms with van der Waals surface area (Å²) in [7, 11) is 0. The number of alkyl halides is 2. The molecule has 0 unspecified atom stereocenters. The summed E-state index contributed by atoms with van der Waals surface area (Å²) in [6.07, 6.45) is 0.400. The Morgan fingerprint density at radius 1 is 1.32 bits per heavy atom. The second-order valence-electron chi connectivity index (χ2n) is 6.68. The molecular weight excluding hydrogens is 328 g/mol. The second kappa shape index (κ2) is 6.90. The van der Waals surface area contributed by atoms with Gasteiger partial charge in [0.25, 0.3) is 5.91 Å². The van der Waals surface area contributed by atoms with Crippen LogP contribution in [0.5, 0.6) is 0 Å². The van der Waals surface area contributed by atoms with Crippen LogP contribution in [0, 0.1) is 13.8 Å². The summed E-state index contributed by atoms with van der Waals surface area (Å²) in [4.78, 5) is 16.5. The molecule has 7 heteroatoms. The quantitative estimate of drug-likeness (QED) is 0.909. The SMILES string of the molecule is Cc1ccc(C)c(C(=O)NCc2nc(C3CCC(F)(F)CC3)no2)c1. The molecule has 1 fully saturated rings. The molecule has 3 rings (SSSR count). The van der Waals surface area contributed by atoms with E-state index in [1.165, 1.54) is 0 Å². The van der Waals surface area contributed by atoms with Crippen molar-refractivity contribution in [3.8, 4) is 0 Å². The lowest BCUT2D eigenvalue weighted by Gasteiger charge is -2.26. The van der Waals surface area contributed by atoms with E-state index in [1.807, 2.05) is 32.0 Å². The van der Waals surface area contributed by atoms with Crippen molar-refractivity contribution in [3.05, 3.63) is 46.6 Å². The van der Waals surface area contributed by atoms with Crippen LogP contribution in [0.1, 0.15) is 64.8 Å². The molecule has 2 aromatic rings. The number of rotatable bonds is 4. The van der Waals surface area contributed by atoms with Gasteiger partial charge in [0, 0.05) is 24.3 Å². The van der Waals surface area contributed by atoms with E-state index < -0.39 is 5.92 Å². The van der Waals surface area contributed by atoms with Crippen LogP contribution >= 0.6 is 0 Å². The molecule has 1 aliphatic carbocycles. The molecule has 1 N–H and O–H groups in total. The zero-order valence-corrected chi connectivity index (χ0v) is 14.3. The Balaban J connectivity index is 1.59. The van der Waals surface area contributed by atoms with Crippen LogP contribution in [-0.4, -0.2) is 22.0 Å². The molecule has 1 aromatic heterocycles. The molecule has 0 spiro atoms. The van der Waals surface area contributed by atoms with Gasteiger partial charge in [-0.3, -0.25) is 4.79 Å². The zero-order valence-electron chi connectivity index (χ0n) is 14.3. The summed E-state index contributed by atoms with van der Waals surface area (Å²) >= 11 is 0. The largest absolute Gasteiger partial charge is 0.343 e. The molecule has 1 heterocycles. The van der Waals surface area contributed by atoms with Gasteiger partial charge in [-0.2, -0.15) is 4.98 Å². The first kappa shape index (κ1) is 17.5. The maximum Gasteiger partial charge on any atom is 0.251 e. The molecule has 25 heavy (non-hydrogen) atoms. The highest BCUT2D eigenvalue weighted by Crippen LogP contribution is 2.39. The Bertz CT molecular complexity index is 763. The molecule has 0 bridgehead atoms. The first-order chi connectivity index (χ1) is 11.8. The molecule has 0 radical (unpaired) electrons. The average molecular weight is 349 g/mol. The molecule has 0 saturated heterocycles. The number of hydrogen-bond acceptors (Lipinski definition) is 4. The van der Waals surface area contributed by atoms with Crippen molar-refractivity contribution >= 4 is 5.91 Å². The number of aromatic nitrogens is 2. The molecule has 134 valence electrons. The van der Waals surface area contributed by atoms with Crippen LogP contribution in [0.25, 0.3) is 0 Å². The van der Waals surface area contributed by atoms with Crippen LogP contribution in [-0.2, 0) is 6.54 Å². The van der Waals surface area contributed by atoms with Crippen molar-refractivity contribution in [2.24, 2.45) is 0 Å². The highest BCUT2D eigenvalue weighted by atomic mass is 19.3. The summed E-state index contributed by atoms with van der Waals surface area (Å²) in [5.41, 5.74) is 2.50. The highest BCUT2D eigenvalue weighted by Gasteiger charge is 2.36. The van der Waals surface area contributed by atoms with Crippen LogP contribution in [0.4, 0.5) is 8.78 Å². The van der Waals surface area contributed by atoms with Crippen molar-refractivity contribution in [2.45, 2.75) is 57.9 Å². The standard InChI is InChI=1S/C18H21F2N3O2/c1-11-3-4-12(2)14(9-11)17(24)21-10-15-22-16(23-25-15)13-5-7-18(19,20)8-6-13/h3-4,9,13H,5-8,10H2,1-2H3,(H,21,24). The van der Waals surface area contributed by atoms with E-state index in [2.05, 4.69) is 15.5 Å². The fourth-order valence-corrected chi connectivity index (χ4v) is 3.04. The predicted octanol–water partition coefficient (Wildman–Crippen LogP) is 3.91. The Morgan fingerprint density at radius 2 is 2.04 bits per heavy atom. The summed E-state index contributed by atoms with van der Waals surface area (Å²) in [6.45, 7) is 3.91. The number of carbonyl (C=O) groups is 1. The van der Waals surface area contributed by atoms with Gasteiger partial charge in [-0.05, 0) is 38.3 Å². The fourth-order valence-electron chi connectivity index (χ4n) is 3.04. The van der Waals surface area contributed by atoms with Crippen LogP contribution < -0.4 is 5.32 Å². The smallest absolute Gasteiger partial charge is 0.251 e. The second-order valence-corrected chi connectivity index (χ2v) is 6.68. The Kier molecular flexibility index (Phi) is 4.83. The lowest BCUT2D eigenvalue weighted by atomic mass is 9.86. The first-order valence-corrected chi connectivity index (χ1v) is 8.40. The Hall–Kier alpha value is -2.31. The van der Waals surface area contributed by atoms with Gasteiger partial charge in [0.2, 0.25) is 11.8 Å². The summed E-state index contributed by atoms with van der Waals surface area (Å²) in [6, 6.07) is 5.67. The van der Waals surface area contributed by atoms with Gasteiger partial charge in [-0.25, -0.2) is 8.78 Å². The molecule has 1 saturated carbocycles. The number of benzene rings is 1. The van der Waals surface area contributed by atoms with Crippen molar-refractivity contribution < 1.29 is 18.1 Å². The molecule has 1 amide bonds. The Morgan fingerprint density at radius 3 is 2.76 bits per heavy atom. The van der Waals surface area contributed by atoms with Gasteiger partial charge in [0.1, 0.15) is 0 Å². The third kappa shape index (κ3) is 4.21. The number of halogens is 2. The zero-order chi connectivity index (χ0) is 18.0. The average Bonchev–Trinajstić information content (AvgIpc) is 3.03. The van der Waals surface area contributed by atoms with E-state index in [-0.39, 0.29) is 37.1 Å². The minimum absolute atomic E-state index is 0.105. The molecule has 0 atom stereocenters. The van der Waals surface area contributed by atoms with Gasteiger partial charge in [0.15, 0.2) is 5.82 Å².